The van der Waals surface area contributed by atoms with Crippen LogP contribution in [0.5, 0.6) is 0 Å². The summed E-state index contributed by atoms with van der Waals surface area (Å²) in [7, 11) is 0. The first kappa shape index (κ1) is 9.05. The smallest absolute Gasteiger partial charge is 0.0606 e. The zero-order valence-corrected chi connectivity index (χ0v) is 6.75. The third-order valence-electron chi connectivity index (χ3n) is 1.50. The van der Waals surface area contributed by atoms with Crippen LogP contribution in [0.15, 0.2) is 47.1 Å². The molecule has 68 valence electrons. The summed E-state index contributed by atoms with van der Waals surface area (Å²) in [5.41, 5.74) is 1.21. The Kier molecular flexibility index (Phi) is 3.31. The van der Waals surface area contributed by atoms with Crippen LogP contribution < -0.4 is 0 Å². The molecule has 5 heteroatoms. The molecule has 0 atom stereocenters. The fourth-order valence-electron chi connectivity index (χ4n) is 0.995. The molecule has 0 aliphatic heterocycles. The number of benzene rings is 1. The van der Waals surface area contributed by atoms with Crippen molar-refractivity contribution in [1.29, 1.82) is 0 Å². The first-order valence-corrected chi connectivity index (χ1v) is 3.59. The van der Waals surface area contributed by atoms with Crippen LogP contribution in [0, 0.1) is 0 Å². The number of hydrogen-bond donors (Lipinski definition) is 3. The molecule has 1 heterocycles. The molecule has 0 bridgehead atoms. The molecule has 5 nitrogen and oxygen atoms in total. The lowest BCUT2D eigenvalue weighted by Crippen LogP contribution is -1.61. The second kappa shape index (κ2) is 4.76. The number of aromatic amines is 1. The molecule has 0 spiro atoms. The van der Waals surface area contributed by atoms with Crippen LogP contribution in [0.25, 0.3) is 10.9 Å². The van der Waals surface area contributed by atoms with Gasteiger partial charge in [0, 0.05) is 11.7 Å². The fraction of sp³-hybridized carbons (Fsp3) is 0. The highest BCUT2D eigenvalue weighted by atomic mass is 16.5. The lowest BCUT2D eigenvalue weighted by molar-refractivity contribution is 0.177. The third kappa shape index (κ3) is 2.48. The Labute approximate surface area is 74.3 Å². The Hall–Kier alpha value is -2.04. The number of aromatic nitrogens is 1. The van der Waals surface area contributed by atoms with Gasteiger partial charge in [0.1, 0.15) is 0 Å². The van der Waals surface area contributed by atoms with E-state index in [2.05, 4.69) is 23.2 Å². The quantitative estimate of drug-likeness (QED) is 0.428. The molecule has 0 unspecified atom stereocenters. The predicted molar refractivity (Wildman–Crippen MR) is 46.7 cm³/mol. The standard InChI is InChI=1S/C8H7N.H2N2O2/c1-2-4-8-7(3-1)5-6-9-8;3-1-2-4/h1-6,9H;(H,1,4)(H,2,3). The summed E-state index contributed by atoms with van der Waals surface area (Å²) in [6, 6.07) is 10.3. The maximum absolute atomic E-state index is 7.08. The van der Waals surface area contributed by atoms with Gasteiger partial charge in [-0.1, -0.05) is 18.2 Å². The van der Waals surface area contributed by atoms with Gasteiger partial charge >= 0.3 is 0 Å². The lowest BCUT2D eigenvalue weighted by atomic mass is 10.3. The molecule has 0 saturated heterocycles. The van der Waals surface area contributed by atoms with Gasteiger partial charge in [0.15, 0.2) is 0 Å². The minimum absolute atomic E-state index is 1.21. The van der Waals surface area contributed by atoms with Crippen molar-refractivity contribution >= 4 is 10.9 Å². The monoisotopic (exact) mass is 179 g/mol. The predicted octanol–water partition coefficient (Wildman–Crippen LogP) is 2.38. The van der Waals surface area contributed by atoms with Crippen molar-refractivity contribution in [3.8, 4) is 0 Å². The summed E-state index contributed by atoms with van der Waals surface area (Å²) in [6.07, 6.45) is 1.95. The van der Waals surface area contributed by atoms with E-state index in [1.165, 1.54) is 10.9 Å². The van der Waals surface area contributed by atoms with Crippen LogP contribution >= 0.6 is 0 Å². The Morgan fingerprint density at radius 3 is 2.31 bits per heavy atom. The number of H-pyrrole nitrogens is 1. The van der Waals surface area contributed by atoms with Crippen LogP contribution in [0.1, 0.15) is 0 Å². The average Bonchev–Trinajstić information content (AvgIpc) is 2.66. The van der Waals surface area contributed by atoms with E-state index in [0.717, 1.165) is 0 Å². The van der Waals surface area contributed by atoms with E-state index in [4.69, 9.17) is 10.4 Å². The van der Waals surface area contributed by atoms with Crippen molar-refractivity contribution in [1.82, 2.24) is 4.98 Å². The summed E-state index contributed by atoms with van der Waals surface area (Å²) < 4.78 is 0. The van der Waals surface area contributed by atoms with Gasteiger partial charge in [-0.3, -0.25) is 0 Å². The molecule has 1 aromatic heterocycles. The van der Waals surface area contributed by atoms with Gasteiger partial charge in [-0.2, -0.15) is 0 Å². The molecule has 1 aromatic carbocycles. The Morgan fingerprint density at radius 2 is 1.69 bits per heavy atom. The SMILES string of the molecule is ON=NO.c1ccc2[nH]ccc2c1. The van der Waals surface area contributed by atoms with Gasteiger partial charge in [-0.25, -0.2) is 0 Å². The summed E-state index contributed by atoms with van der Waals surface area (Å²) in [5, 5.41) is 19.3. The molecule has 0 aliphatic rings. The van der Waals surface area contributed by atoms with Crippen molar-refractivity contribution in [2.24, 2.45) is 10.6 Å². The highest BCUT2D eigenvalue weighted by Crippen LogP contribution is 2.09. The maximum Gasteiger partial charge on any atom is 0.0606 e. The van der Waals surface area contributed by atoms with Gasteiger partial charge in [-0.15, -0.1) is 0 Å². The molecule has 0 aliphatic carbocycles. The van der Waals surface area contributed by atoms with Crippen molar-refractivity contribution in [3.63, 3.8) is 0 Å². The van der Waals surface area contributed by atoms with Crippen LogP contribution in [-0.4, -0.2) is 15.4 Å². The number of fused-ring (bicyclic) bond motifs is 1. The van der Waals surface area contributed by atoms with Gasteiger partial charge in [0.25, 0.3) is 0 Å². The van der Waals surface area contributed by atoms with Crippen molar-refractivity contribution < 1.29 is 10.4 Å². The molecular weight excluding hydrogens is 170 g/mol. The van der Waals surface area contributed by atoms with E-state index >= 15 is 0 Å². The number of para-hydroxylation sites is 1. The van der Waals surface area contributed by atoms with Crippen molar-refractivity contribution in [3.05, 3.63) is 36.5 Å². The molecule has 0 amide bonds. The molecule has 0 radical (unpaired) electrons. The maximum atomic E-state index is 7.08. The van der Waals surface area contributed by atoms with E-state index in [9.17, 15) is 0 Å². The molecule has 0 saturated carbocycles. The van der Waals surface area contributed by atoms with Crippen LogP contribution in [0.4, 0.5) is 0 Å². The summed E-state index contributed by atoms with van der Waals surface area (Å²) in [4.78, 5) is 3.12. The summed E-state index contributed by atoms with van der Waals surface area (Å²) in [5.74, 6) is 0. The molecule has 3 N–H and O–H groups in total. The number of nitrogens with one attached hydrogen (secondary N) is 1. The Morgan fingerprint density at radius 1 is 1.00 bits per heavy atom. The van der Waals surface area contributed by atoms with Gasteiger partial charge < -0.3 is 15.4 Å². The van der Waals surface area contributed by atoms with Crippen LogP contribution in [0.2, 0.25) is 0 Å². The van der Waals surface area contributed by atoms with E-state index in [1.807, 2.05) is 28.9 Å². The van der Waals surface area contributed by atoms with Gasteiger partial charge in [-0.05, 0) is 17.5 Å². The Bertz CT molecular complexity index is 349. The highest BCUT2D eigenvalue weighted by molar-refractivity contribution is 5.78. The third-order valence-corrected chi connectivity index (χ3v) is 1.50. The molecular formula is C8H9N3O2. The topological polar surface area (TPSA) is 81.0 Å². The average molecular weight is 179 g/mol. The van der Waals surface area contributed by atoms with E-state index in [-0.39, 0.29) is 0 Å². The molecule has 13 heavy (non-hydrogen) atoms. The fourth-order valence-corrected chi connectivity index (χ4v) is 0.995. The first-order chi connectivity index (χ1) is 6.38. The minimum atomic E-state index is 1.21. The normalized spacial score (nSPS) is 9.85. The molecule has 2 aromatic rings. The molecule has 0 fully saturated rings. The minimum Gasteiger partial charge on any atom is -0.392 e. The second-order valence-corrected chi connectivity index (χ2v) is 2.24. The van der Waals surface area contributed by atoms with E-state index < -0.39 is 0 Å². The van der Waals surface area contributed by atoms with E-state index in [1.54, 1.807) is 0 Å². The van der Waals surface area contributed by atoms with Crippen molar-refractivity contribution in [2.45, 2.75) is 0 Å². The number of rotatable bonds is 0. The number of hydrogen-bond acceptors (Lipinski definition) is 2. The zero-order valence-electron chi connectivity index (χ0n) is 6.75. The summed E-state index contributed by atoms with van der Waals surface area (Å²) in [6.45, 7) is 0. The molecule has 2 rings (SSSR count). The largest absolute Gasteiger partial charge is 0.392 e. The van der Waals surface area contributed by atoms with Crippen LogP contribution in [0.3, 0.4) is 0 Å². The van der Waals surface area contributed by atoms with Gasteiger partial charge in [0.2, 0.25) is 0 Å². The highest BCUT2D eigenvalue weighted by Gasteiger charge is 1.86. The lowest BCUT2D eigenvalue weighted by Gasteiger charge is -1.83. The Balaban J connectivity index is 0.000000184. The van der Waals surface area contributed by atoms with Gasteiger partial charge in [0.05, 0.1) is 10.6 Å². The summed E-state index contributed by atoms with van der Waals surface area (Å²) >= 11 is 0. The number of nitrogens with zero attached hydrogens (tertiary/aromatic N) is 2. The first-order valence-electron chi connectivity index (χ1n) is 3.59. The van der Waals surface area contributed by atoms with E-state index in [0.29, 0.717) is 0 Å². The second-order valence-electron chi connectivity index (χ2n) is 2.24. The zero-order chi connectivity index (χ0) is 9.52. The van der Waals surface area contributed by atoms with Crippen LogP contribution in [-0.2, 0) is 0 Å². The van der Waals surface area contributed by atoms with Crippen molar-refractivity contribution in [2.75, 3.05) is 0 Å².